The highest BCUT2D eigenvalue weighted by Crippen LogP contribution is 2.37. The Hall–Kier alpha value is -2.10. The first kappa shape index (κ1) is 14.8. The van der Waals surface area contributed by atoms with Crippen LogP contribution < -0.4 is 5.32 Å². The maximum atomic E-state index is 12.4. The van der Waals surface area contributed by atoms with E-state index in [4.69, 9.17) is 0 Å². The Morgan fingerprint density at radius 1 is 1.14 bits per heavy atom. The van der Waals surface area contributed by atoms with E-state index in [1.807, 2.05) is 24.3 Å². The lowest BCUT2D eigenvalue weighted by molar-refractivity contribution is -0.123. The van der Waals surface area contributed by atoms with Gasteiger partial charge in [0.25, 0.3) is 0 Å². The predicted molar refractivity (Wildman–Crippen MR) is 86.2 cm³/mol. The van der Waals surface area contributed by atoms with Crippen LogP contribution in [0.5, 0.6) is 0 Å². The van der Waals surface area contributed by atoms with Gasteiger partial charge in [-0.25, -0.2) is 0 Å². The Labute approximate surface area is 131 Å². The first-order valence-corrected chi connectivity index (χ1v) is 8.08. The molecule has 4 nitrogen and oxygen atoms in total. The van der Waals surface area contributed by atoms with Crippen LogP contribution in [-0.4, -0.2) is 15.5 Å². The van der Waals surface area contributed by atoms with Gasteiger partial charge in [-0.1, -0.05) is 19.3 Å². The highest BCUT2D eigenvalue weighted by atomic mass is 16.1. The molecule has 0 aliphatic heterocycles. The standard InChI is InChI=1S/C18H23N3O/c22-17(20-15-16-6-10-19-11-7-16)14-18(8-2-1-3-9-18)21-12-4-5-13-21/h4-7,10-13H,1-3,8-9,14-15H2,(H,20,22). The molecule has 1 saturated carbocycles. The summed E-state index contributed by atoms with van der Waals surface area (Å²) in [5.74, 6) is 0.132. The Morgan fingerprint density at radius 2 is 1.82 bits per heavy atom. The summed E-state index contributed by atoms with van der Waals surface area (Å²) in [5, 5.41) is 3.05. The van der Waals surface area contributed by atoms with Crippen LogP contribution in [0.25, 0.3) is 0 Å². The van der Waals surface area contributed by atoms with Crippen molar-refractivity contribution in [3.05, 3.63) is 54.6 Å². The van der Waals surface area contributed by atoms with Gasteiger partial charge in [-0.3, -0.25) is 9.78 Å². The van der Waals surface area contributed by atoms with E-state index >= 15 is 0 Å². The van der Waals surface area contributed by atoms with E-state index in [0.717, 1.165) is 18.4 Å². The van der Waals surface area contributed by atoms with Crippen molar-refractivity contribution < 1.29 is 4.79 Å². The van der Waals surface area contributed by atoms with Gasteiger partial charge in [0.15, 0.2) is 0 Å². The van der Waals surface area contributed by atoms with Crippen LogP contribution in [0.1, 0.15) is 44.1 Å². The molecular formula is C18H23N3O. The minimum Gasteiger partial charge on any atom is -0.352 e. The molecule has 0 bridgehead atoms. The van der Waals surface area contributed by atoms with Crippen LogP contribution in [0.3, 0.4) is 0 Å². The smallest absolute Gasteiger partial charge is 0.222 e. The largest absolute Gasteiger partial charge is 0.352 e. The minimum atomic E-state index is -0.0376. The van der Waals surface area contributed by atoms with E-state index in [9.17, 15) is 4.79 Å². The normalized spacial score (nSPS) is 17.1. The average Bonchev–Trinajstić information content (AvgIpc) is 3.10. The predicted octanol–water partition coefficient (Wildman–Crippen LogP) is 3.25. The molecule has 4 heteroatoms. The lowest BCUT2D eigenvalue weighted by Crippen LogP contribution is -2.40. The molecule has 0 spiro atoms. The molecule has 1 N–H and O–H groups in total. The van der Waals surface area contributed by atoms with Crippen molar-refractivity contribution in [3.63, 3.8) is 0 Å². The Balaban J connectivity index is 1.64. The van der Waals surface area contributed by atoms with Crippen molar-refractivity contribution in [1.29, 1.82) is 0 Å². The number of nitrogens with zero attached hydrogens (tertiary/aromatic N) is 2. The number of amides is 1. The van der Waals surface area contributed by atoms with Crippen LogP contribution in [0.2, 0.25) is 0 Å². The maximum Gasteiger partial charge on any atom is 0.222 e. The maximum absolute atomic E-state index is 12.4. The summed E-state index contributed by atoms with van der Waals surface area (Å²) in [6.07, 6.45) is 14.1. The molecule has 2 aromatic rings. The molecule has 1 amide bonds. The van der Waals surface area contributed by atoms with Crippen molar-refractivity contribution in [2.24, 2.45) is 0 Å². The first-order valence-electron chi connectivity index (χ1n) is 8.08. The number of nitrogens with one attached hydrogen (secondary N) is 1. The van der Waals surface area contributed by atoms with Crippen LogP contribution in [0, 0.1) is 0 Å². The summed E-state index contributed by atoms with van der Waals surface area (Å²) in [5.41, 5.74) is 1.05. The molecular weight excluding hydrogens is 274 g/mol. The summed E-state index contributed by atoms with van der Waals surface area (Å²) in [6, 6.07) is 7.96. The summed E-state index contributed by atoms with van der Waals surface area (Å²) in [4.78, 5) is 16.4. The topological polar surface area (TPSA) is 46.9 Å². The third-order valence-corrected chi connectivity index (χ3v) is 4.67. The molecule has 0 atom stereocenters. The van der Waals surface area contributed by atoms with Crippen molar-refractivity contribution >= 4 is 5.91 Å². The van der Waals surface area contributed by atoms with E-state index in [-0.39, 0.29) is 11.4 Å². The Kier molecular flexibility index (Phi) is 4.56. The third kappa shape index (κ3) is 3.38. The van der Waals surface area contributed by atoms with Gasteiger partial charge in [0.1, 0.15) is 0 Å². The van der Waals surface area contributed by atoms with E-state index in [2.05, 4.69) is 27.3 Å². The number of carbonyl (C=O) groups excluding carboxylic acids is 1. The van der Waals surface area contributed by atoms with Crippen molar-refractivity contribution in [2.45, 2.75) is 50.6 Å². The molecule has 22 heavy (non-hydrogen) atoms. The highest BCUT2D eigenvalue weighted by molar-refractivity contribution is 5.77. The number of hydrogen-bond donors (Lipinski definition) is 1. The van der Waals surface area contributed by atoms with Crippen LogP contribution in [0.15, 0.2) is 49.1 Å². The van der Waals surface area contributed by atoms with Gasteiger partial charge < -0.3 is 9.88 Å². The molecule has 2 aromatic heterocycles. The zero-order valence-electron chi connectivity index (χ0n) is 12.9. The number of rotatable bonds is 5. The molecule has 0 unspecified atom stereocenters. The average molecular weight is 297 g/mol. The van der Waals surface area contributed by atoms with Crippen molar-refractivity contribution in [2.75, 3.05) is 0 Å². The van der Waals surface area contributed by atoms with Gasteiger partial charge in [0.2, 0.25) is 5.91 Å². The van der Waals surface area contributed by atoms with Gasteiger partial charge in [-0.15, -0.1) is 0 Å². The van der Waals surface area contributed by atoms with E-state index in [1.165, 1.54) is 19.3 Å². The number of aromatic nitrogens is 2. The Bertz CT molecular complexity index is 586. The molecule has 0 saturated heterocycles. The van der Waals surface area contributed by atoms with Crippen LogP contribution in [0.4, 0.5) is 0 Å². The molecule has 116 valence electrons. The zero-order valence-corrected chi connectivity index (χ0v) is 12.9. The number of hydrogen-bond acceptors (Lipinski definition) is 2. The monoisotopic (exact) mass is 297 g/mol. The van der Waals surface area contributed by atoms with Crippen molar-refractivity contribution in [1.82, 2.24) is 14.9 Å². The van der Waals surface area contributed by atoms with E-state index < -0.39 is 0 Å². The first-order chi connectivity index (χ1) is 10.8. The van der Waals surface area contributed by atoms with Crippen molar-refractivity contribution in [3.8, 4) is 0 Å². The second kappa shape index (κ2) is 6.77. The Morgan fingerprint density at radius 3 is 2.50 bits per heavy atom. The zero-order chi connectivity index (χ0) is 15.3. The SMILES string of the molecule is O=C(CC1(n2cccc2)CCCCC1)NCc1ccncc1. The molecule has 0 aromatic carbocycles. The summed E-state index contributed by atoms with van der Waals surface area (Å²) in [7, 11) is 0. The van der Waals surface area contributed by atoms with Crippen LogP contribution >= 0.6 is 0 Å². The molecule has 0 radical (unpaired) electrons. The number of pyridine rings is 1. The van der Waals surface area contributed by atoms with Gasteiger partial charge >= 0.3 is 0 Å². The fourth-order valence-electron chi connectivity index (χ4n) is 3.45. The summed E-state index contributed by atoms with van der Waals surface area (Å²) >= 11 is 0. The van der Waals surface area contributed by atoms with Gasteiger partial charge in [0.05, 0.1) is 12.0 Å². The van der Waals surface area contributed by atoms with Crippen LogP contribution in [-0.2, 0) is 16.9 Å². The molecule has 2 heterocycles. The molecule has 1 aliphatic rings. The third-order valence-electron chi connectivity index (χ3n) is 4.67. The fraction of sp³-hybridized carbons (Fsp3) is 0.444. The quantitative estimate of drug-likeness (QED) is 0.921. The van der Waals surface area contributed by atoms with Gasteiger partial charge in [-0.05, 0) is 42.7 Å². The van der Waals surface area contributed by atoms with Gasteiger partial charge in [-0.2, -0.15) is 0 Å². The molecule has 3 rings (SSSR count). The lowest BCUT2D eigenvalue weighted by atomic mass is 9.78. The lowest BCUT2D eigenvalue weighted by Gasteiger charge is -2.38. The minimum absolute atomic E-state index is 0.0376. The fourth-order valence-corrected chi connectivity index (χ4v) is 3.45. The van der Waals surface area contributed by atoms with E-state index in [1.54, 1.807) is 12.4 Å². The summed E-state index contributed by atoms with van der Waals surface area (Å²) < 4.78 is 2.25. The van der Waals surface area contributed by atoms with E-state index in [0.29, 0.717) is 13.0 Å². The second-order valence-corrected chi connectivity index (χ2v) is 6.18. The molecule has 1 fully saturated rings. The second-order valence-electron chi connectivity index (χ2n) is 6.18. The highest BCUT2D eigenvalue weighted by Gasteiger charge is 2.35. The molecule has 1 aliphatic carbocycles. The number of carbonyl (C=O) groups is 1. The summed E-state index contributed by atoms with van der Waals surface area (Å²) in [6.45, 7) is 0.573. The van der Waals surface area contributed by atoms with Gasteiger partial charge in [0, 0.05) is 31.3 Å².